The maximum absolute atomic E-state index is 15.0. The van der Waals surface area contributed by atoms with Gasteiger partial charge >= 0.3 is 11.9 Å². The Labute approximate surface area is 333 Å². The Morgan fingerprint density at radius 3 is 2.67 bits per heavy atom. The minimum absolute atomic E-state index is 0.0249. The summed E-state index contributed by atoms with van der Waals surface area (Å²) in [5, 5.41) is 29.4. The molecule has 12 rings (SSSR count). The van der Waals surface area contributed by atoms with E-state index >= 15 is 4.79 Å². The number of fused-ring (bicyclic) bond motifs is 8. The van der Waals surface area contributed by atoms with E-state index in [0.717, 1.165) is 22.1 Å². The molecule has 0 radical (unpaired) electrons. The molecule has 14 nitrogen and oxygen atoms in total. The largest absolute Gasteiger partial charge is 0.504 e. The lowest BCUT2D eigenvalue weighted by molar-refractivity contribution is -0.218. The number of aromatic hydroxyl groups is 1. The molecule has 2 saturated heterocycles. The molecule has 2 unspecified atom stereocenters. The summed E-state index contributed by atoms with van der Waals surface area (Å²) in [5.74, 6) is 1.21. The number of benzene rings is 3. The number of hydrogen-bond donors (Lipinski definition) is 4. The molecule has 1 aromatic heterocycles. The van der Waals surface area contributed by atoms with Gasteiger partial charge in [0.1, 0.15) is 29.4 Å². The van der Waals surface area contributed by atoms with Crippen molar-refractivity contribution in [2.45, 2.75) is 81.2 Å². The third kappa shape index (κ3) is 5.02. The Kier molecular flexibility index (Phi) is 8.39. The predicted octanol–water partition coefficient (Wildman–Crippen LogP) is 4.16. The van der Waals surface area contributed by atoms with Gasteiger partial charge < -0.3 is 44.0 Å². The molecule has 300 valence electrons. The maximum Gasteiger partial charge on any atom is 0.335 e. The number of carbonyl (C=O) groups excluding carboxylic acids is 2. The van der Waals surface area contributed by atoms with E-state index in [2.05, 4.69) is 15.1 Å². The van der Waals surface area contributed by atoms with Crippen molar-refractivity contribution in [3.05, 3.63) is 75.0 Å². The zero-order valence-electron chi connectivity index (χ0n) is 32.5. The van der Waals surface area contributed by atoms with Crippen LogP contribution < -0.4 is 30.0 Å². The fourth-order valence-corrected chi connectivity index (χ4v) is 12.5. The number of likely N-dealkylation sites (N-methyl/N-ethyl adjacent to an activating group) is 1. The number of furan rings is 1. The summed E-state index contributed by atoms with van der Waals surface area (Å²) in [6.45, 7) is 7.94. The number of hydrogen-bond acceptors (Lipinski definition) is 15. The van der Waals surface area contributed by atoms with Crippen LogP contribution in [0.15, 0.2) is 34.7 Å². The second kappa shape index (κ2) is 13.0. The quantitative estimate of drug-likeness (QED) is 0.171. The number of rotatable bonds is 4. The number of para-hydroxylation sites is 1. The molecule has 3 aromatic carbocycles. The second-order valence-electron chi connectivity index (χ2n) is 16.1. The number of phenols is 1. The summed E-state index contributed by atoms with van der Waals surface area (Å²) in [6, 6.07) is 7.60. The third-order valence-corrected chi connectivity index (χ3v) is 14.4. The molecule has 8 aliphatic heterocycles. The van der Waals surface area contributed by atoms with Crippen LogP contribution in [-0.2, 0) is 32.7 Å². The van der Waals surface area contributed by atoms with Gasteiger partial charge in [-0.3, -0.25) is 19.9 Å². The van der Waals surface area contributed by atoms with Crippen LogP contribution in [0, 0.1) is 13.8 Å². The topological polar surface area (TPSA) is 178 Å². The number of ether oxygens (including phenoxy) is 5. The van der Waals surface area contributed by atoms with Crippen LogP contribution in [0.1, 0.15) is 75.9 Å². The van der Waals surface area contributed by atoms with Gasteiger partial charge in [0, 0.05) is 77.5 Å². The van der Waals surface area contributed by atoms with Crippen molar-refractivity contribution in [1.82, 2.24) is 15.1 Å². The van der Waals surface area contributed by atoms with Crippen molar-refractivity contribution in [3.8, 4) is 28.7 Å². The highest BCUT2D eigenvalue weighted by molar-refractivity contribution is 7.99. The summed E-state index contributed by atoms with van der Waals surface area (Å²) >= 11 is 1.49. The molecule has 2 fully saturated rings. The lowest BCUT2D eigenvalue weighted by Crippen LogP contribution is -2.70. The number of aliphatic hydroxyl groups is 1. The van der Waals surface area contributed by atoms with Gasteiger partial charge in [-0.15, -0.1) is 11.8 Å². The summed E-state index contributed by atoms with van der Waals surface area (Å²) in [4.78, 5) is 32.3. The van der Waals surface area contributed by atoms with Crippen molar-refractivity contribution >= 4 is 34.7 Å². The Bertz CT molecular complexity index is 2380. The first kappa shape index (κ1) is 36.8. The van der Waals surface area contributed by atoms with E-state index in [1.807, 2.05) is 51.1 Å². The monoisotopic (exact) mass is 798 g/mol. The van der Waals surface area contributed by atoms with E-state index < -0.39 is 46.6 Å². The average Bonchev–Trinajstić information content (AvgIpc) is 3.78. The van der Waals surface area contributed by atoms with Crippen LogP contribution in [0.5, 0.6) is 28.7 Å². The van der Waals surface area contributed by atoms with Crippen molar-refractivity contribution < 1.29 is 47.9 Å². The van der Waals surface area contributed by atoms with Crippen molar-refractivity contribution in [2.24, 2.45) is 5.73 Å². The highest BCUT2D eigenvalue weighted by atomic mass is 32.2. The zero-order chi connectivity index (χ0) is 39.7. The maximum atomic E-state index is 15.0. The number of thioether (sulfide) groups is 1. The molecule has 15 heteroatoms. The van der Waals surface area contributed by atoms with Crippen molar-refractivity contribution in [1.29, 1.82) is 0 Å². The fourth-order valence-electron chi connectivity index (χ4n) is 10.8. The van der Waals surface area contributed by atoms with Gasteiger partial charge in [-0.25, -0.2) is 4.79 Å². The molecular weight excluding hydrogens is 753 g/mol. The lowest BCUT2D eigenvalue weighted by atomic mass is 9.78. The molecule has 5 N–H and O–H groups in total. The molecule has 1 spiro atoms. The fraction of sp³-hybridized carbons (Fsp3) is 0.476. The highest BCUT2D eigenvalue weighted by Gasteiger charge is 2.64. The molecule has 0 amide bonds. The Morgan fingerprint density at radius 2 is 1.91 bits per heavy atom. The number of nitrogens with zero attached hydrogens (tertiary/aromatic N) is 2. The second-order valence-corrected chi connectivity index (χ2v) is 17.2. The minimum Gasteiger partial charge on any atom is -0.504 e. The smallest absolute Gasteiger partial charge is 0.335 e. The SMILES string of the molecule is CCN1CC2(O)Cc3cc(C)c(OC)c(O)c3[C@H]1[C@@H]1[C@@H]3SC[C@]4(N[C@@H](CN)Cc5c4oc4ccccc54)C(=O)OC[C@@H](c4c5c(c(C)c(OC(C)=O)c43)OCO5)N12. The van der Waals surface area contributed by atoms with E-state index in [4.69, 9.17) is 33.8 Å². The van der Waals surface area contributed by atoms with Crippen molar-refractivity contribution in [2.75, 3.05) is 45.9 Å². The van der Waals surface area contributed by atoms with Gasteiger partial charge in [0.2, 0.25) is 6.79 Å². The average molecular weight is 799 g/mol. The minimum atomic E-state index is -1.52. The zero-order valence-corrected chi connectivity index (χ0v) is 33.3. The molecule has 0 aliphatic carbocycles. The lowest BCUT2D eigenvalue weighted by Gasteiger charge is -2.61. The molecule has 8 atom stereocenters. The number of nitrogens with two attached hydrogens (primary N) is 1. The Morgan fingerprint density at radius 1 is 1.12 bits per heavy atom. The number of methoxy groups -OCH3 is 1. The Balaban J connectivity index is 1.26. The number of esters is 2. The van der Waals surface area contributed by atoms with Crippen LogP contribution in [0.25, 0.3) is 11.0 Å². The molecule has 8 aliphatic rings. The molecule has 4 aromatic rings. The first-order valence-electron chi connectivity index (χ1n) is 19.5. The van der Waals surface area contributed by atoms with E-state index in [1.165, 1.54) is 18.7 Å². The van der Waals surface area contributed by atoms with Gasteiger partial charge in [0.05, 0.1) is 24.4 Å². The molecule has 0 saturated carbocycles. The van der Waals surface area contributed by atoms with Crippen LogP contribution in [-0.4, -0.2) is 95.7 Å². The number of aryl methyl sites for hydroxylation is 1. The van der Waals surface area contributed by atoms with Crippen LogP contribution in [0.4, 0.5) is 0 Å². The van der Waals surface area contributed by atoms with E-state index in [0.29, 0.717) is 69.6 Å². The first-order valence-corrected chi connectivity index (χ1v) is 20.6. The van der Waals surface area contributed by atoms with Gasteiger partial charge in [-0.1, -0.05) is 31.2 Å². The van der Waals surface area contributed by atoms with Crippen molar-refractivity contribution in [3.63, 3.8) is 0 Å². The summed E-state index contributed by atoms with van der Waals surface area (Å²) in [5.41, 5.74) is 9.11. The van der Waals surface area contributed by atoms with Gasteiger partial charge in [-0.2, -0.15) is 0 Å². The number of nitrogens with one attached hydrogen (secondary N) is 1. The van der Waals surface area contributed by atoms with Crippen LogP contribution in [0.2, 0.25) is 0 Å². The number of phenolic OH excluding ortho intramolecular Hbond substituents is 1. The van der Waals surface area contributed by atoms with E-state index in [1.54, 1.807) is 7.11 Å². The first-order chi connectivity index (χ1) is 27.4. The number of carbonyl (C=O) groups is 2. The molecule has 57 heavy (non-hydrogen) atoms. The molecule has 4 bridgehead atoms. The third-order valence-electron chi connectivity index (χ3n) is 13.0. The summed E-state index contributed by atoms with van der Waals surface area (Å²) in [6.07, 6.45) is 0.737. The van der Waals surface area contributed by atoms with Crippen LogP contribution >= 0.6 is 11.8 Å². The standard InChI is InChI=1S/C42H46N4O10S/c1-6-45-16-41(50)13-22-11-19(2)34(51-5)33(48)28(22)31(45)32-38-30-29(37-36(53-18-54-37)20(3)35(30)55-21(4)47)26(46(32)41)15-52-40(49)42(17-57-38)39-25(12-23(14-43)44-42)24-9-7-8-10-27(24)56-39/h7-11,23,26,31-32,38,44,48,50H,6,12-18,43H2,1-5H3/t23-,26+,31+,32-,38-,41?,42-/m1/s1. The summed E-state index contributed by atoms with van der Waals surface area (Å²) in [7, 11) is 1.54. The normalized spacial score (nSPS) is 31.0. The van der Waals surface area contributed by atoms with E-state index in [9.17, 15) is 15.0 Å². The van der Waals surface area contributed by atoms with Gasteiger partial charge in [0.15, 0.2) is 28.5 Å². The van der Waals surface area contributed by atoms with E-state index in [-0.39, 0.29) is 50.5 Å². The van der Waals surface area contributed by atoms with Gasteiger partial charge in [0.25, 0.3) is 0 Å². The number of piperazine rings is 1. The summed E-state index contributed by atoms with van der Waals surface area (Å²) < 4.78 is 37.5. The van der Waals surface area contributed by atoms with Gasteiger partial charge in [-0.05, 0) is 44.0 Å². The Hall–Kier alpha value is -4.51. The molecule has 9 heterocycles. The molecular formula is C42H46N4O10S. The van der Waals surface area contributed by atoms with Crippen LogP contribution in [0.3, 0.4) is 0 Å². The highest BCUT2D eigenvalue weighted by Crippen LogP contribution is 2.65. The predicted molar refractivity (Wildman–Crippen MR) is 209 cm³/mol.